The van der Waals surface area contributed by atoms with Crippen LogP contribution in [0.4, 0.5) is 4.79 Å². The van der Waals surface area contributed by atoms with Crippen molar-refractivity contribution in [3.63, 3.8) is 0 Å². The number of amides is 1. The minimum Gasteiger partial charge on any atom is -0.467 e. The Kier molecular flexibility index (Phi) is 6.79. The van der Waals surface area contributed by atoms with Crippen molar-refractivity contribution in [2.24, 2.45) is 5.92 Å². The maximum absolute atomic E-state index is 12.7. The molecule has 2 aliphatic rings. The van der Waals surface area contributed by atoms with Crippen LogP contribution in [0.2, 0.25) is 18.1 Å². The van der Waals surface area contributed by atoms with Crippen LogP contribution >= 0.6 is 0 Å². The number of methoxy groups -OCH3 is 1. The number of hydrogen-bond donors (Lipinski definition) is 0. The van der Waals surface area contributed by atoms with Gasteiger partial charge in [-0.25, -0.2) is 9.59 Å². The lowest BCUT2D eigenvalue weighted by Gasteiger charge is -2.43. The molecule has 0 spiro atoms. The minimum atomic E-state index is -1.89. The number of ether oxygens (including phenoxy) is 2. The molecule has 154 valence electrons. The molecule has 2 rings (SSSR count). The predicted molar refractivity (Wildman–Crippen MR) is 107 cm³/mol. The zero-order chi connectivity index (χ0) is 20.4. The summed E-state index contributed by atoms with van der Waals surface area (Å²) in [6.45, 7) is 14.9. The van der Waals surface area contributed by atoms with E-state index in [1.54, 1.807) is 4.90 Å². The number of esters is 1. The second-order valence-corrected chi connectivity index (χ2v) is 13.9. The molecule has 1 saturated heterocycles. The highest BCUT2D eigenvalue weighted by atomic mass is 28.4. The van der Waals surface area contributed by atoms with Crippen LogP contribution in [0.3, 0.4) is 0 Å². The lowest BCUT2D eigenvalue weighted by atomic mass is 9.83. The molecule has 0 aromatic rings. The van der Waals surface area contributed by atoms with Crippen molar-refractivity contribution in [3.05, 3.63) is 12.7 Å². The summed E-state index contributed by atoms with van der Waals surface area (Å²) in [5.74, 6) is -0.0912. The highest BCUT2D eigenvalue weighted by molar-refractivity contribution is 6.74. The molecule has 4 atom stereocenters. The van der Waals surface area contributed by atoms with E-state index < -0.39 is 20.5 Å². The van der Waals surface area contributed by atoms with E-state index in [4.69, 9.17) is 13.9 Å². The first kappa shape index (κ1) is 22.0. The van der Waals surface area contributed by atoms with Gasteiger partial charge in [0.25, 0.3) is 0 Å². The molecule has 1 heterocycles. The third kappa shape index (κ3) is 4.74. The zero-order valence-electron chi connectivity index (χ0n) is 17.6. The molecule has 7 heteroatoms. The molecule has 0 aromatic heterocycles. The standard InChI is InChI=1S/C20H35NO5Si/c1-8-11-25-19(23)21-16-13-15(26-27(6,7)20(2,3)4)10-9-14(16)12-17(21)18(22)24-5/h8,14-17H,1,9-13H2,2-7H3/t14-,15+,16-,17-/m0/s1. The van der Waals surface area contributed by atoms with Gasteiger partial charge in [-0.15, -0.1) is 0 Å². The van der Waals surface area contributed by atoms with Gasteiger partial charge in [0.2, 0.25) is 0 Å². The Hall–Kier alpha value is -1.34. The summed E-state index contributed by atoms with van der Waals surface area (Å²) in [5.41, 5.74) is 0. The molecule has 1 aliphatic carbocycles. The predicted octanol–water partition coefficient (Wildman–Crippen LogP) is 4.12. The van der Waals surface area contributed by atoms with Crippen LogP contribution in [0, 0.1) is 5.92 Å². The van der Waals surface area contributed by atoms with E-state index in [0.717, 1.165) is 19.3 Å². The SMILES string of the molecule is C=CCOC(=O)N1[C@H](C(=O)OC)C[C@@H]2CC[C@@H](O[Si](C)(C)C(C)(C)C)C[C@@H]21. The van der Waals surface area contributed by atoms with Gasteiger partial charge in [0.15, 0.2) is 8.32 Å². The first-order valence-corrected chi connectivity index (χ1v) is 12.7. The monoisotopic (exact) mass is 397 g/mol. The lowest BCUT2D eigenvalue weighted by Crippen LogP contribution is -2.51. The molecule has 6 nitrogen and oxygen atoms in total. The van der Waals surface area contributed by atoms with Gasteiger partial charge < -0.3 is 13.9 Å². The molecule has 0 radical (unpaired) electrons. The second-order valence-electron chi connectivity index (χ2n) is 9.19. The summed E-state index contributed by atoms with van der Waals surface area (Å²) < 4.78 is 16.8. The fourth-order valence-corrected chi connectivity index (χ4v) is 5.33. The van der Waals surface area contributed by atoms with Crippen molar-refractivity contribution in [3.8, 4) is 0 Å². The van der Waals surface area contributed by atoms with Gasteiger partial charge in [-0.2, -0.15) is 0 Å². The zero-order valence-corrected chi connectivity index (χ0v) is 18.6. The molecular weight excluding hydrogens is 362 g/mol. The van der Waals surface area contributed by atoms with E-state index in [9.17, 15) is 9.59 Å². The number of nitrogens with zero attached hydrogens (tertiary/aromatic N) is 1. The van der Waals surface area contributed by atoms with Gasteiger partial charge >= 0.3 is 12.1 Å². The van der Waals surface area contributed by atoms with Crippen LogP contribution in [0.25, 0.3) is 0 Å². The Bertz CT molecular complexity index is 571. The van der Waals surface area contributed by atoms with Gasteiger partial charge in [-0.05, 0) is 49.7 Å². The lowest BCUT2D eigenvalue weighted by molar-refractivity contribution is -0.145. The molecule has 0 bridgehead atoms. The molecular formula is C20H35NO5Si. The summed E-state index contributed by atoms with van der Waals surface area (Å²) in [7, 11) is -0.530. The maximum Gasteiger partial charge on any atom is 0.411 e. The average Bonchev–Trinajstić information content (AvgIpc) is 2.96. The fraction of sp³-hybridized carbons (Fsp3) is 0.800. The smallest absolute Gasteiger partial charge is 0.411 e. The van der Waals surface area contributed by atoms with Gasteiger partial charge in [0.05, 0.1) is 7.11 Å². The van der Waals surface area contributed by atoms with E-state index in [1.165, 1.54) is 13.2 Å². The van der Waals surface area contributed by atoms with Crippen molar-refractivity contribution in [1.82, 2.24) is 4.90 Å². The number of hydrogen-bond acceptors (Lipinski definition) is 5. The van der Waals surface area contributed by atoms with Gasteiger partial charge in [0.1, 0.15) is 12.6 Å². The van der Waals surface area contributed by atoms with Crippen LogP contribution in [0.5, 0.6) is 0 Å². The van der Waals surface area contributed by atoms with E-state index in [1.807, 2.05) is 0 Å². The molecule has 1 saturated carbocycles. The maximum atomic E-state index is 12.7. The number of fused-ring (bicyclic) bond motifs is 1. The largest absolute Gasteiger partial charge is 0.467 e. The van der Waals surface area contributed by atoms with E-state index >= 15 is 0 Å². The first-order valence-electron chi connectivity index (χ1n) is 9.83. The number of rotatable bonds is 5. The van der Waals surface area contributed by atoms with Crippen molar-refractivity contribution in [1.29, 1.82) is 0 Å². The van der Waals surface area contributed by atoms with Crippen molar-refractivity contribution in [2.45, 2.75) is 82.8 Å². The number of carbonyl (C=O) groups is 2. The van der Waals surface area contributed by atoms with Crippen LogP contribution < -0.4 is 0 Å². The van der Waals surface area contributed by atoms with Gasteiger partial charge in [0, 0.05) is 12.1 Å². The Morgan fingerprint density at radius 2 is 1.89 bits per heavy atom. The van der Waals surface area contributed by atoms with Crippen LogP contribution in [-0.4, -0.2) is 57.2 Å². The molecule has 0 N–H and O–H groups in total. The Balaban J connectivity index is 2.17. The number of likely N-dealkylation sites (tertiary alicyclic amines) is 1. The van der Waals surface area contributed by atoms with Crippen LogP contribution in [0.1, 0.15) is 46.5 Å². The van der Waals surface area contributed by atoms with Crippen LogP contribution in [0.15, 0.2) is 12.7 Å². The Morgan fingerprint density at radius 1 is 1.22 bits per heavy atom. The van der Waals surface area contributed by atoms with E-state index in [-0.39, 0.29) is 35.7 Å². The minimum absolute atomic E-state index is 0.0464. The average molecular weight is 398 g/mol. The quantitative estimate of drug-likeness (QED) is 0.397. The summed E-state index contributed by atoms with van der Waals surface area (Å²) >= 11 is 0. The topological polar surface area (TPSA) is 65.1 Å². The fourth-order valence-electron chi connectivity index (χ4n) is 3.93. The number of carbonyl (C=O) groups excluding carboxylic acids is 2. The molecule has 2 fully saturated rings. The third-order valence-corrected chi connectivity index (χ3v) is 10.9. The van der Waals surface area contributed by atoms with E-state index in [2.05, 4.69) is 40.4 Å². The highest BCUT2D eigenvalue weighted by Gasteiger charge is 2.51. The molecule has 0 aromatic carbocycles. The summed E-state index contributed by atoms with van der Waals surface area (Å²) in [4.78, 5) is 26.5. The third-order valence-electron chi connectivity index (χ3n) is 6.40. The summed E-state index contributed by atoms with van der Waals surface area (Å²) in [5, 5.41) is 0.136. The van der Waals surface area contributed by atoms with Gasteiger partial charge in [-0.1, -0.05) is 33.4 Å². The molecule has 1 aliphatic heterocycles. The molecule has 0 unspecified atom stereocenters. The summed E-state index contributed by atoms with van der Waals surface area (Å²) in [6.07, 6.45) is 4.47. The normalized spacial score (nSPS) is 28.4. The Labute approximate surface area is 164 Å². The van der Waals surface area contributed by atoms with Crippen LogP contribution in [-0.2, 0) is 18.7 Å². The van der Waals surface area contributed by atoms with Crippen molar-refractivity contribution >= 4 is 20.4 Å². The second kappa shape index (κ2) is 8.35. The van der Waals surface area contributed by atoms with Crippen molar-refractivity contribution < 1.29 is 23.5 Å². The van der Waals surface area contributed by atoms with E-state index in [0.29, 0.717) is 6.42 Å². The van der Waals surface area contributed by atoms with Gasteiger partial charge in [-0.3, -0.25) is 4.90 Å². The first-order chi connectivity index (χ1) is 12.5. The Morgan fingerprint density at radius 3 is 2.44 bits per heavy atom. The molecule has 1 amide bonds. The highest BCUT2D eigenvalue weighted by Crippen LogP contribution is 2.44. The molecule has 27 heavy (non-hydrogen) atoms. The van der Waals surface area contributed by atoms with Crippen molar-refractivity contribution in [2.75, 3.05) is 13.7 Å². The summed E-state index contributed by atoms with van der Waals surface area (Å²) in [6, 6.07) is -0.621.